The number of carbonyl (C=O) groups excluding carboxylic acids is 2. The summed E-state index contributed by atoms with van der Waals surface area (Å²) >= 11 is 0. The van der Waals surface area contributed by atoms with Crippen molar-refractivity contribution in [3.63, 3.8) is 0 Å². The highest BCUT2D eigenvalue weighted by Crippen LogP contribution is 2.32. The van der Waals surface area contributed by atoms with Gasteiger partial charge in [-0.05, 0) is 36.4 Å². The molecule has 28 heavy (non-hydrogen) atoms. The van der Waals surface area contributed by atoms with Gasteiger partial charge >= 0.3 is 6.18 Å². The van der Waals surface area contributed by atoms with E-state index in [1.807, 2.05) is 0 Å². The fourth-order valence-corrected chi connectivity index (χ4v) is 2.54. The molecule has 0 aliphatic carbocycles. The molecule has 0 atom stereocenters. The van der Waals surface area contributed by atoms with Gasteiger partial charge in [0.05, 0.1) is 34.3 Å². The van der Waals surface area contributed by atoms with Crippen LogP contribution in [0.2, 0.25) is 0 Å². The van der Waals surface area contributed by atoms with Gasteiger partial charge in [-0.25, -0.2) is 0 Å². The van der Waals surface area contributed by atoms with Crippen molar-refractivity contribution in [2.75, 3.05) is 10.6 Å². The molecule has 0 fully saturated rings. The lowest BCUT2D eigenvalue weighted by atomic mass is 10.1. The van der Waals surface area contributed by atoms with Crippen LogP contribution in [0.5, 0.6) is 0 Å². The summed E-state index contributed by atoms with van der Waals surface area (Å²) in [6, 6.07) is 13.8. The van der Waals surface area contributed by atoms with Crippen LogP contribution in [-0.4, -0.2) is 16.8 Å². The van der Waals surface area contributed by atoms with Gasteiger partial charge in [0.1, 0.15) is 0 Å². The Kier molecular flexibility index (Phi) is 5.39. The molecule has 3 aromatic rings. The van der Waals surface area contributed by atoms with E-state index >= 15 is 0 Å². The van der Waals surface area contributed by atoms with Gasteiger partial charge in [-0.3, -0.25) is 14.6 Å². The summed E-state index contributed by atoms with van der Waals surface area (Å²) in [7, 11) is 0. The lowest BCUT2D eigenvalue weighted by molar-refractivity contribution is -0.137. The first kappa shape index (κ1) is 19.1. The van der Waals surface area contributed by atoms with Gasteiger partial charge in [0.2, 0.25) is 0 Å². The van der Waals surface area contributed by atoms with Crippen molar-refractivity contribution in [3.05, 3.63) is 89.7 Å². The number of hydrogen-bond donors (Lipinski definition) is 2. The maximum atomic E-state index is 13.1. The van der Waals surface area contributed by atoms with E-state index in [4.69, 9.17) is 0 Å². The van der Waals surface area contributed by atoms with Crippen LogP contribution in [0.4, 0.5) is 24.5 Å². The van der Waals surface area contributed by atoms with Crippen LogP contribution in [0, 0.1) is 0 Å². The molecule has 0 saturated carbocycles. The van der Waals surface area contributed by atoms with Crippen LogP contribution in [0.25, 0.3) is 0 Å². The SMILES string of the molecule is O=C(Nc1cccnc1)c1ccccc1NC(=O)c1ccccc1C(F)(F)F. The first-order chi connectivity index (χ1) is 13.4. The summed E-state index contributed by atoms with van der Waals surface area (Å²) in [5, 5.41) is 5.01. The number of aromatic nitrogens is 1. The molecule has 0 spiro atoms. The van der Waals surface area contributed by atoms with Crippen LogP contribution in [-0.2, 0) is 6.18 Å². The summed E-state index contributed by atoms with van der Waals surface area (Å²) < 4.78 is 39.4. The first-order valence-electron chi connectivity index (χ1n) is 8.14. The van der Waals surface area contributed by atoms with Crippen molar-refractivity contribution in [2.45, 2.75) is 6.18 Å². The number of rotatable bonds is 4. The standard InChI is InChI=1S/C20H14F3N3O2/c21-20(22,23)16-9-3-1-7-14(16)18(27)26-17-10-4-2-8-15(17)19(28)25-13-6-5-11-24-12-13/h1-12H,(H,25,28)(H,26,27). The molecular weight excluding hydrogens is 371 g/mol. The highest BCUT2D eigenvalue weighted by atomic mass is 19.4. The molecular formula is C20H14F3N3O2. The van der Waals surface area contributed by atoms with E-state index in [0.717, 1.165) is 12.1 Å². The molecule has 2 aromatic carbocycles. The number of benzene rings is 2. The number of hydrogen-bond acceptors (Lipinski definition) is 3. The van der Waals surface area contributed by atoms with Crippen molar-refractivity contribution in [1.82, 2.24) is 4.98 Å². The average molecular weight is 385 g/mol. The predicted molar refractivity (Wildman–Crippen MR) is 98.0 cm³/mol. The van der Waals surface area contributed by atoms with E-state index in [-0.39, 0.29) is 11.3 Å². The van der Waals surface area contributed by atoms with Crippen molar-refractivity contribution in [1.29, 1.82) is 0 Å². The number of nitrogens with one attached hydrogen (secondary N) is 2. The van der Waals surface area contributed by atoms with Gasteiger partial charge in [0.25, 0.3) is 11.8 Å². The quantitative estimate of drug-likeness (QED) is 0.689. The smallest absolute Gasteiger partial charge is 0.321 e. The van der Waals surface area contributed by atoms with Crippen LogP contribution in [0.15, 0.2) is 73.1 Å². The van der Waals surface area contributed by atoms with E-state index in [1.165, 1.54) is 30.5 Å². The average Bonchev–Trinajstić information content (AvgIpc) is 2.68. The summed E-state index contributed by atoms with van der Waals surface area (Å²) in [5.41, 5.74) is -0.951. The third kappa shape index (κ3) is 4.35. The molecule has 8 heteroatoms. The van der Waals surface area contributed by atoms with Crippen LogP contribution in [0.3, 0.4) is 0 Å². The highest BCUT2D eigenvalue weighted by molar-refractivity contribution is 6.12. The number of halogens is 3. The zero-order valence-electron chi connectivity index (χ0n) is 14.3. The number of alkyl halides is 3. The first-order valence-corrected chi connectivity index (χ1v) is 8.14. The molecule has 0 radical (unpaired) electrons. The second-order valence-electron chi connectivity index (χ2n) is 5.74. The zero-order chi connectivity index (χ0) is 20.1. The van der Waals surface area contributed by atoms with Crippen LogP contribution >= 0.6 is 0 Å². The molecule has 1 aromatic heterocycles. The summed E-state index contributed by atoms with van der Waals surface area (Å²) in [4.78, 5) is 28.9. The van der Waals surface area contributed by atoms with Crippen molar-refractivity contribution in [3.8, 4) is 0 Å². The molecule has 0 bridgehead atoms. The van der Waals surface area contributed by atoms with Gasteiger partial charge in [-0.1, -0.05) is 24.3 Å². The lowest BCUT2D eigenvalue weighted by Gasteiger charge is -2.14. The normalized spacial score (nSPS) is 11.0. The Morgan fingerprint density at radius 1 is 0.786 bits per heavy atom. The second-order valence-corrected chi connectivity index (χ2v) is 5.74. The van der Waals surface area contributed by atoms with E-state index in [1.54, 1.807) is 30.5 Å². The topological polar surface area (TPSA) is 71.1 Å². The van der Waals surface area contributed by atoms with E-state index in [0.29, 0.717) is 5.69 Å². The second kappa shape index (κ2) is 7.91. The molecule has 1 heterocycles. The molecule has 0 saturated heterocycles. The van der Waals surface area contributed by atoms with Gasteiger partial charge in [0.15, 0.2) is 0 Å². The number of carbonyl (C=O) groups is 2. The maximum absolute atomic E-state index is 13.1. The third-order valence-electron chi connectivity index (χ3n) is 3.82. The molecule has 2 amide bonds. The number of pyridine rings is 1. The molecule has 0 aliphatic heterocycles. The van der Waals surface area contributed by atoms with Crippen LogP contribution < -0.4 is 10.6 Å². The fraction of sp³-hybridized carbons (Fsp3) is 0.0500. The Morgan fingerprint density at radius 3 is 2.11 bits per heavy atom. The third-order valence-corrected chi connectivity index (χ3v) is 3.82. The minimum atomic E-state index is -4.68. The zero-order valence-corrected chi connectivity index (χ0v) is 14.3. The largest absolute Gasteiger partial charge is 0.417 e. The van der Waals surface area contributed by atoms with Crippen molar-refractivity contribution < 1.29 is 22.8 Å². The fourth-order valence-electron chi connectivity index (χ4n) is 2.54. The Bertz CT molecular complexity index is 1000. The number of anilines is 2. The Hall–Kier alpha value is -3.68. The number of nitrogens with zero attached hydrogens (tertiary/aromatic N) is 1. The van der Waals surface area contributed by atoms with Gasteiger partial charge in [-0.2, -0.15) is 13.2 Å². The summed E-state index contributed by atoms with van der Waals surface area (Å²) in [5.74, 6) is -1.50. The minimum Gasteiger partial charge on any atom is -0.321 e. The van der Waals surface area contributed by atoms with E-state index < -0.39 is 29.1 Å². The Labute approximate surface area is 158 Å². The number of para-hydroxylation sites is 1. The lowest BCUT2D eigenvalue weighted by Crippen LogP contribution is -2.21. The molecule has 142 valence electrons. The Morgan fingerprint density at radius 2 is 1.43 bits per heavy atom. The van der Waals surface area contributed by atoms with E-state index in [2.05, 4.69) is 15.6 Å². The number of amides is 2. The van der Waals surface area contributed by atoms with Crippen molar-refractivity contribution in [2.24, 2.45) is 0 Å². The Balaban J connectivity index is 1.86. The van der Waals surface area contributed by atoms with Gasteiger partial charge in [0, 0.05) is 6.20 Å². The van der Waals surface area contributed by atoms with Gasteiger partial charge < -0.3 is 10.6 Å². The molecule has 2 N–H and O–H groups in total. The van der Waals surface area contributed by atoms with Gasteiger partial charge in [-0.15, -0.1) is 0 Å². The maximum Gasteiger partial charge on any atom is 0.417 e. The molecule has 0 unspecified atom stereocenters. The summed E-state index contributed by atoms with van der Waals surface area (Å²) in [6.07, 6.45) is -1.69. The molecule has 3 rings (SSSR count). The highest BCUT2D eigenvalue weighted by Gasteiger charge is 2.35. The minimum absolute atomic E-state index is 0.0888. The van der Waals surface area contributed by atoms with Crippen LogP contribution in [0.1, 0.15) is 26.3 Å². The summed E-state index contributed by atoms with van der Waals surface area (Å²) in [6.45, 7) is 0. The molecule has 0 aliphatic rings. The predicted octanol–water partition coefficient (Wildman–Crippen LogP) is 4.61. The molecule has 5 nitrogen and oxygen atoms in total. The van der Waals surface area contributed by atoms with Crippen molar-refractivity contribution >= 4 is 23.2 Å². The van der Waals surface area contributed by atoms with E-state index in [9.17, 15) is 22.8 Å². The monoisotopic (exact) mass is 385 g/mol.